The zero-order valence-electron chi connectivity index (χ0n) is 10.4. The normalized spacial score (nSPS) is 14.8. The molecule has 1 unspecified atom stereocenters. The average molecular weight is 326 g/mol. The second-order valence-electron chi connectivity index (χ2n) is 4.41. The average Bonchev–Trinajstić information content (AvgIpc) is 2.31. The highest BCUT2D eigenvalue weighted by molar-refractivity contribution is 7.88. The first-order valence-corrected chi connectivity index (χ1v) is 7.43. The van der Waals surface area contributed by atoms with Crippen LogP contribution in [-0.2, 0) is 20.6 Å². The van der Waals surface area contributed by atoms with E-state index < -0.39 is 39.7 Å². The fourth-order valence-corrected chi connectivity index (χ4v) is 2.56. The summed E-state index contributed by atoms with van der Waals surface area (Å²) in [6.07, 6.45) is 0. The van der Waals surface area contributed by atoms with Gasteiger partial charge in [-0.05, 0) is 24.6 Å². The number of carbonyl (C=O) groups is 1. The fourth-order valence-electron chi connectivity index (χ4n) is 1.23. The van der Waals surface area contributed by atoms with Crippen molar-refractivity contribution in [2.24, 2.45) is 0 Å². The molecular weight excluding hydrogens is 313 g/mol. The van der Waals surface area contributed by atoms with Crippen LogP contribution in [0.4, 0.5) is 4.39 Å². The number of aliphatic hydroxyl groups is 1. The van der Waals surface area contributed by atoms with Gasteiger partial charge >= 0.3 is 5.97 Å². The molecule has 1 aromatic rings. The lowest BCUT2D eigenvalue weighted by molar-refractivity contribution is -0.155. The van der Waals surface area contributed by atoms with E-state index in [0.717, 1.165) is 13.0 Å². The minimum atomic E-state index is -3.91. The summed E-state index contributed by atoms with van der Waals surface area (Å²) in [5.74, 6) is -2.87. The number of rotatable bonds is 6. The molecule has 9 heteroatoms. The van der Waals surface area contributed by atoms with Crippen LogP contribution in [0.15, 0.2) is 18.2 Å². The highest BCUT2D eigenvalue weighted by atomic mass is 35.5. The fraction of sp³-hybridized carbons (Fsp3) is 0.364. The number of halogens is 2. The van der Waals surface area contributed by atoms with Gasteiger partial charge in [-0.3, -0.25) is 0 Å². The Morgan fingerprint density at radius 2 is 2.10 bits per heavy atom. The summed E-state index contributed by atoms with van der Waals surface area (Å²) in [6, 6.07) is 3.52. The Morgan fingerprint density at radius 1 is 1.50 bits per heavy atom. The molecule has 1 aromatic carbocycles. The number of sulfonamides is 1. The predicted octanol–water partition coefficient (Wildman–Crippen LogP) is 0.734. The Labute approximate surface area is 120 Å². The molecule has 0 aromatic heterocycles. The van der Waals surface area contributed by atoms with E-state index in [-0.39, 0.29) is 10.6 Å². The van der Waals surface area contributed by atoms with Crippen molar-refractivity contribution in [2.75, 3.05) is 6.54 Å². The van der Waals surface area contributed by atoms with E-state index in [2.05, 4.69) is 0 Å². The SMILES string of the molecule is CC(O)(CNS(=O)(=O)Cc1ccc(Cl)c(F)c1)C(=O)O. The second-order valence-corrected chi connectivity index (χ2v) is 6.62. The zero-order chi connectivity index (χ0) is 15.6. The topological polar surface area (TPSA) is 104 Å². The van der Waals surface area contributed by atoms with Crippen LogP contribution in [0.3, 0.4) is 0 Å². The summed E-state index contributed by atoms with van der Waals surface area (Å²) in [5.41, 5.74) is -2.08. The summed E-state index contributed by atoms with van der Waals surface area (Å²) in [5, 5.41) is 17.9. The van der Waals surface area contributed by atoms with Crippen molar-refractivity contribution in [3.05, 3.63) is 34.6 Å². The van der Waals surface area contributed by atoms with E-state index in [1.54, 1.807) is 0 Å². The minimum absolute atomic E-state index is 0.132. The molecule has 0 saturated carbocycles. The Bertz CT molecular complexity index is 617. The summed E-state index contributed by atoms with van der Waals surface area (Å²) >= 11 is 5.47. The van der Waals surface area contributed by atoms with Gasteiger partial charge in [-0.15, -0.1) is 0 Å². The third kappa shape index (κ3) is 4.71. The van der Waals surface area contributed by atoms with Crippen LogP contribution in [0.5, 0.6) is 0 Å². The maximum absolute atomic E-state index is 13.2. The van der Waals surface area contributed by atoms with Crippen LogP contribution in [0.2, 0.25) is 5.02 Å². The van der Waals surface area contributed by atoms with Crippen LogP contribution < -0.4 is 4.72 Å². The van der Waals surface area contributed by atoms with Gasteiger partial charge < -0.3 is 10.2 Å². The summed E-state index contributed by atoms with van der Waals surface area (Å²) in [7, 11) is -3.91. The first-order chi connectivity index (χ1) is 9.03. The van der Waals surface area contributed by atoms with E-state index in [4.69, 9.17) is 16.7 Å². The van der Waals surface area contributed by atoms with E-state index in [9.17, 15) is 22.7 Å². The Morgan fingerprint density at radius 3 is 2.60 bits per heavy atom. The number of nitrogens with one attached hydrogen (secondary N) is 1. The molecule has 0 bridgehead atoms. The molecule has 6 nitrogen and oxygen atoms in total. The smallest absolute Gasteiger partial charge is 0.336 e. The lowest BCUT2D eigenvalue weighted by Gasteiger charge is -2.18. The molecule has 20 heavy (non-hydrogen) atoms. The van der Waals surface area contributed by atoms with Gasteiger partial charge in [-0.1, -0.05) is 17.7 Å². The van der Waals surface area contributed by atoms with Gasteiger partial charge in [0.2, 0.25) is 10.0 Å². The van der Waals surface area contributed by atoms with Crippen LogP contribution in [0, 0.1) is 5.82 Å². The molecule has 0 heterocycles. The first-order valence-electron chi connectivity index (χ1n) is 5.40. The number of hydrogen-bond donors (Lipinski definition) is 3. The quantitative estimate of drug-likeness (QED) is 0.715. The zero-order valence-corrected chi connectivity index (χ0v) is 12.0. The van der Waals surface area contributed by atoms with Gasteiger partial charge in [0.1, 0.15) is 5.82 Å². The number of aliphatic carboxylic acids is 1. The van der Waals surface area contributed by atoms with Crippen molar-refractivity contribution in [3.63, 3.8) is 0 Å². The van der Waals surface area contributed by atoms with Gasteiger partial charge in [-0.2, -0.15) is 0 Å². The lowest BCUT2D eigenvalue weighted by Crippen LogP contribution is -2.46. The van der Waals surface area contributed by atoms with Crippen molar-refractivity contribution in [1.29, 1.82) is 0 Å². The molecule has 0 aliphatic carbocycles. The van der Waals surface area contributed by atoms with Crippen molar-refractivity contribution in [1.82, 2.24) is 4.72 Å². The molecule has 1 rings (SSSR count). The summed E-state index contributed by atoms with van der Waals surface area (Å²) < 4.78 is 38.5. The van der Waals surface area contributed by atoms with Crippen molar-refractivity contribution in [2.45, 2.75) is 18.3 Å². The van der Waals surface area contributed by atoms with Crippen molar-refractivity contribution in [3.8, 4) is 0 Å². The molecule has 0 fully saturated rings. The Hall–Kier alpha value is -1.22. The number of carboxylic acid groups (broad SMARTS) is 1. The predicted molar refractivity (Wildman–Crippen MR) is 70.3 cm³/mol. The largest absolute Gasteiger partial charge is 0.479 e. The minimum Gasteiger partial charge on any atom is -0.479 e. The molecule has 0 radical (unpaired) electrons. The Balaban J connectivity index is 2.75. The van der Waals surface area contributed by atoms with Gasteiger partial charge in [0.15, 0.2) is 5.60 Å². The van der Waals surface area contributed by atoms with E-state index >= 15 is 0 Å². The number of hydrogen-bond acceptors (Lipinski definition) is 4. The Kier molecular flexibility index (Phi) is 5.09. The van der Waals surface area contributed by atoms with Gasteiger partial charge in [-0.25, -0.2) is 22.3 Å². The van der Waals surface area contributed by atoms with Crippen molar-refractivity contribution < 1.29 is 27.8 Å². The van der Waals surface area contributed by atoms with Gasteiger partial charge in [0.25, 0.3) is 0 Å². The number of benzene rings is 1. The maximum atomic E-state index is 13.2. The molecule has 0 saturated heterocycles. The van der Waals surface area contributed by atoms with Crippen LogP contribution in [0.25, 0.3) is 0 Å². The van der Waals surface area contributed by atoms with Crippen molar-refractivity contribution >= 4 is 27.6 Å². The highest BCUT2D eigenvalue weighted by Crippen LogP contribution is 2.17. The van der Waals surface area contributed by atoms with E-state index in [1.807, 2.05) is 4.72 Å². The maximum Gasteiger partial charge on any atom is 0.336 e. The molecule has 0 amide bonds. The summed E-state index contributed by atoms with van der Waals surface area (Å²) in [6.45, 7) is 0.264. The van der Waals surface area contributed by atoms with Crippen LogP contribution >= 0.6 is 11.6 Å². The molecule has 3 N–H and O–H groups in total. The van der Waals surface area contributed by atoms with Gasteiger partial charge in [0, 0.05) is 6.54 Å². The number of carboxylic acids is 1. The second kappa shape index (κ2) is 6.04. The van der Waals surface area contributed by atoms with Crippen LogP contribution in [-0.4, -0.2) is 36.7 Å². The summed E-state index contributed by atoms with van der Waals surface area (Å²) in [4.78, 5) is 10.6. The molecule has 0 spiro atoms. The highest BCUT2D eigenvalue weighted by Gasteiger charge is 2.31. The molecular formula is C11H13ClFNO5S. The third-order valence-electron chi connectivity index (χ3n) is 2.44. The monoisotopic (exact) mass is 325 g/mol. The van der Waals surface area contributed by atoms with E-state index in [0.29, 0.717) is 0 Å². The van der Waals surface area contributed by atoms with Gasteiger partial charge in [0.05, 0.1) is 10.8 Å². The first kappa shape index (κ1) is 16.8. The lowest BCUT2D eigenvalue weighted by atomic mass is 10.1. The molecule has 112 valence electrons. The standard InChI is InChI=1S/C11H13ClFNO5S/c1-11(17,10(15)16)6-14-20(18,19)5-7-2-3-8(12)9(13)4-7/h2-4,14,17H,5-6H2,1H3,(H,15,16). The molecule has 0 aliphatic rings. The molecule has 1 atom stereocenters. The third-order valence-corrected chi connectivity index (χ3v) is 4.04. The molecule has 0 aliphatic heterocycles. The van der Waals surface area contributed by atoms with Crippen LogP contribution in [0.1, 0.15) is 12.5 Å². The van der Waals surface area contributed by atoms with E-state index in [1.165, 1.54) is 12.1 Å².